The Kier molecular flexibility index (Phi) is 4.13. The Balaban J connectivity index is 1.90. The van der Waals surface area contributed by atoms with Gasteiger partial charge in [0.05, 0.1) is 23.8 Å². The Hall–Kier alpha value is -3.20. The van der Waals surface area contributed by atoms with Crippen molar-refractivity contribution < 1.29 is 0 Å². The average Bonchev–Trinajstić information content (AvgIpc) is 3.14. The zero-order chi connectivity index (χ0) is 17.1. The lowest BCUT2D eigenvalue weighted by molar-refractivity contribution is 0.644. The van der Waals surface area contributed by atoms with Gasteiger partial charge in [-0.15, -0.1) is 0 Å². The molecular formula is C22H19N3. The molecule has 25 heavy (non-hydrogen) atoms. The Morgan fingerprint density at radius 2 is 1.40 bits per heavy atom. The van der Waals surface area contributed by atoms with Gasteiger partial charge in [-0.2, -0.15) is 0 Å². The summed E-state index contributed by atoms with van der Waals surface area (Å²) in [5.74, 6) is 0. The van der Waals surface area contributed by atoms with Crippen molar-refractivity contribution in [3.63, 3.8) is 0 Å². The third kappa shape index (κ3) is 2.96. The number of rotatable bonds is 4. The number of pyridine rings is 1. The van der Waals surface area contributed by atoms with Gasteiger partial charge in [0.15, 0.2) is 0 Å². The van der Waals surface area contributed by atoms with E-state index in [4.69, 9.17) is 4.98 Å². The first-order chi connectivity index (χ1) is 12.3. The highest BCUT2D eigenvalue weighted by molar-refractivity contribution is 5.78. The van der Waals surface area contributed by atoms with Gasteiger partial charge in [-0.1, -0.05) is 60.7 Å². The zero-order valence-electron chi connectivity index (χ0n) is 14.1. The molecule has 2 aromatic heterocycles. The number of benzene rings is 2. The third-order valence-corrected chi connectivity index (χ3v) is 4.49. The van der Waals surface area contributed by atoms with Gasteiger partial charge < -0.3 is 4.57 Å². The number of hydrogen-bond acceptors (Lipinski definition) is 2. The fourth-order valence-electron chi connectivity index (χ4n) is 3.15. The van der Waals surface area contributed by atoms with Crippen LogP contribution >= 0.6 is 0 Å². The standard InChI is InChI=1S/C22H19N3/c1-17(18-8-4-2-5-9-18)25-16-24-21(19-10-6-3-7-11-19)22(25)20-12-14-23-15-13-20/h2-17H,1H3/t17-/m0/s1. The summed E-state index contributed by atoms with van der Waals surface area (Å²) in [7, 11) is 0. The second kappa shape index (κ2) is 6.73. The van der Waals surface area contributed by atoms with Gasteiger partial charge in [-0.05, 0) is 24.6 Å². The minimum Gasteiger partial charge on any atom is -0.323 e. The summed E-state index contributed by atoms with van der Waals surface area (Å²) in [5, 5.41) is 0. The Bertz CT molecular complexity index is 945. The topological polar surface area (TPSA) is 30.7 Å². The lowest BCUT2D eigenvalue weighted by Gasteiger charge is -2.18. The van der Waals surface area contributed by atoms with Crippen molar-refractivity contribution in [2.75, 3.05) is 0 Å². The summed E-state index contributed by atoms with van der Waals surface area (Å²) >= 11 is 0. The maximum atomic E-state index is 4.75. The molecule has 0 bridgehead atoms. The predicted octanol–water partition coefficient (Wildman–Crippen LogP) is 5.22. The van der Waals surface area contributed by atoms with Crippen LogP contribution in [0.5, 0.6) is 0 Å². The van der Waals surface area contributed by atoms with Crippen LogP contribution in [0.2, 0.25) is 0 Å². The van der Waals surface area contributed by atoms with Crippen LogP contribution in [0.4, 0.5) is 0 Å². The van der Waals surface area contributed by atoms with E-state index in [1.54, 1.807) is 0 Å². The first kappa shape index (κ1) is 15.3. The molecule has 3 nitrogen and oxygen atoms in total. The summed E-state index contributed by atoms with van der Waals surface area (Å²) in [6, 6.07) is 25.1. The number of aromatic nitrogens is 3. The SMILES string of the molecule is C[C@@H](c1ccccc1)n1cnc(-c2ccccc2)c1-c1ccncc1. The molecule has 3 heteroatoms. The number of nitrogens with zero attached hydrogens (tertiary/aromatic N) is 3. The van der Waals surface area contributed by atoms with E-state index in [2.05, 4.69) is 52.9 Å². The van der Waals surface area contributed by atoms with Crippen LogP contribution in [0.3, 0.4) is 0 Å². The van der Waals surface area contributed by atoms with Crippen molar-refractivity contribution in [3.05, 3.63) is 97.1 Å². The van der Waals surface area contributed by atoms with Crippen LogP contribution in [0.1, 0.15) is 18.5 Å². The molecule has 0 aliphatic heterocycles. The molecule has 0 N–H and O–H groups in total. The van der Waals surface area contributed by atoms with Crippen molar-refractivity contribution in [2.45, 2.75) is 13.0 Å². The molecule has 0 saturated carbocycles. The molecule has 2 aromatic carbocycles. The zero-order valence-corrected chi connectivity index (χ0v) is 14.1. The highest BCUT2D eigenvalue weighted by Crippen LogP contribution is 2.34. The van der Waals surface area contributed by atoms with Gasteiger partial charge in [-0.3, -0.25) is 4.98 Å². The fourth-order valence-corrected chi connectivity index (χ4v) is 3.15. The van der Waals surface area contributed by atoms with E-state index in [0.717, 1.165) is 22.5 Å². The van der Waals surface area contributed by atoms with Gasteiger partial charge in [0.2, 0.25) is 0 Å². The second-order valence-corrected chi connectivity index (χ2v) is 6.04. The highest BCUT2D eigenvalue weighted by atomic mass is 15.1. The van der Waals surface area contributed by atoms with Crippen molar-refractivity contribution in [1.29, 1.82) is 0 Å². The van der Waals surface area contributed by atoms with Crippen LogP contribution in [0.15, 0.2) is 91.5 Å². The average molecular weight is 325 g/mol. The molecule has 0 aliphatic rings. The largest absolute Gasteiger partial charge is 0.323 e. The summed E-state index contributed by atoms with van der Waals surface area (Å²) in [5.41, 5.74) is 5.61. The maximum Gasteiger partial charge on any atom is 0.0964 e. The molecule has 1 atom stereocenters. The molecule has 0 saturated heterocycles. The summed E-state index contributed by atoms with van der Waals surface area (Å²) < 4.78 is 2.24. The lowest BCUT2D eigenvalue weighted by Crippen LogP contribution is -2.07. The van der Waals surface area contributed by atoms with E-state index in [1.807, 2.05) is 55.1 Å². The first-order valence-electron chi connectivity index (χ1n) is 8.42. The summed E-state index contributed by atoms with van der Waals surface area (Å²) in [6.07, 6.45) is 5.60. The van der Waals surface area contributed by atoms with Crippen molar-refractivity contribution in [2.24, 2.45) is 0 Å². The Morgan fingerprint density at radius 3 is 2.08 bits per heavy atom. The minimum absolute atomic E-state index is 0.189. The van der Waals surface area contributed by atoms with Crippen LogP contribution in [0, 0.1) is 0 Å². The van der Waals surface area contributed by atoms with Crippen LogP contribution in [-0.4, -0.2) is 14.5 Å². The highest BCUT2D eigenvalue weighted by Gasteiger charge is 2.19. The molecule has 0 fully saturated rings. The predicted molar refractivity (Wildman–Crippen MR) is 101 cm³/mol. The lowest BCUT2D eigenvalue weighted by atomic mass is 10.0. The molecule has 0 spiro atoms. The maximum absolute atomic E-state index is 4.75. The van der Waals surface area contributed by atoms with Gasteiger partial charge in [0.25, 0.3) is 0 Å². The minimum atomic E-state index is 0.189. The van der Waals surface area contributed by atoms with Crippen molar-refractivity contribution in [1.82, 2.24) is 14.5 Å². The third-order valence-electron chi connectivity index (χ3n) is 4.49. The molecular weight excluding hydrogens is 306 g/mol. The number of hydrogen-bond donors (Lipinski definition) is 0. The van der Waals surface area contributed by atoms with Gasteiger partial charge in [0.1, 0.15) is 0 Å². The van der Waals surface area contributed by atoms with E-state index in [0.29, 0.717) is 0 Å². The van der Waals surface area contributed by atoms with Gasteiger partial charge in [-0.25, -0.2) is 4.98 Å². The molecule has 0 aliphatic carbocycles. The Labute approximate surface area is 147 Å². The second-order valence-electron chi connectivity index (χ2n) is 6.04. The van der Waals surface area contributed by atoms with Crippen LogP contribution in [0.25, 0.3) is 22.5 Å². The number of imidazole rings is 1. The van der Waals surface area contributed by atoms with E-state index in [1.165, 1.54) is 5.56 Å². The Morgan fingerprint density at radius 1 is 0.760 bits per heavy atom. The van der Waals surface area contributed by atoms with E-state index >= 15 is 0 Å². The van der Waals surface area contributed by atoms with Crippen molar-refractivity contribution in [3.8, 4) is 22.5 Å². The summed E-state index contributed by atoms with van der Waals surface area (Å²) in [6.45, 7) is 2.20. The molecule has 2 heterocycles. The van der Waals surface area contributed by atoms with E-state index in [-0.39, 0.29) is 6.04 Å². The molecule has 4 aromatic rings. The van der Waals surface area contributed by atoms with E-state index in [9.17, 15) is 0 Å². The first-order valence-corrected chi connectivity index (χ1v) is 8.42. The van der Waals surface area contributed by atoms with E-state index < -0.39 is 0 Å². The molecule has 0 radical (unpaired) electrons. The smallest absolute Gasteiger partial charge is 0.0964 e. The summed E-state index contributed by atoms with van der Waals surface area (Å²) in [4.78, 5) is 8.91. The molecule has 0 unspecified atom stereocenters. The van der Waals surface area contributed by atoms with Gasteiger partial charge in [0, 0.05) is 23.5 Å². The van der Waals surface area contributed by atoms with Crippen LogP contribution in [-0.2, 0) is 0 Å². The monoisotopic (exact) mass is 325 g/mol. The molecule has 122 valence electrons. The van der Waals surface area contributed by atoms with Crippen LogP contribution < -0.4 is 0 Å². The quantitative estimate of drug-likeness (QED) is 0.515. The fraction of sp³-hybridized carbons (Fsp3) is 0.0909. The van der Waals surface area contributed by atoms with Crippen molar-refractivity contribution >= 4 is 0 Å². The molecule has 0 amide bonds. The molecule has 4 rings (SSSR count). The van der Waals surface area contributed by atoms with Gasteiger partial charge >= 0.3 is 0 Å². The normalized spacial score (nSPS) is 12.0.